The van der Waals surface area contributed by atoms with E-state index in [1.165, 1.54) is 12.8 Å². The summed E-state index contributed by atoms with van der Waals surface area (Å²) in [6.07, 6.45) is 2.46. The molecule has 1 rings (SSSR count). The maximum atomic E-state index is 11.1. The molecule has 1 heterocycles. The Hall–Kier alpha value is 0.110. The zero-order valence-corrected chi connectivity index (χ0v) is 6.62. The van der Waals surface area contributed by atoms with Crippen molar-refractivity contribution in [1.82, 2.24) is 4.31 Å². The summed E-state index contributed by atoms with van der Waals surface area (Å²) < 4.78 is 13.1. The Morgan fingerprint density at radius 3 is 2.44 bits per heavy atom. The SMILES string of the molecule is CCS(=O)N1CCCC1. The Labute approximate surface area is 58.8 Å². The summed E-state index contributed by atoms with van der Waals surface area (Å²) in [7, 11) is -0.669. The monoisotopic (exact) mass is 147 g/mol. The standard InChI is InChI=1S/C6H13NOS/c1-2-9(8)7-5-3-4-6-7/h2-6H2,1H3. The smallest absolute Gasteiger partial charge is 0.0939 e. The van der Waals surface area contributed by atoms with Crippen LogP contribution in [-0.4, -0.2) is 27.4 Å². The van der Waals surface area contributed by atoms with Crippen LogP contribution in [-0.2, 0) is 11.0 Å². The normalized spacial score (nSPS) is 24.6. The van der Waals surface area contributed by atoms with Crippen molar-refractivity contribution in [2.24, 2.45) is 0 Å². The Morgan fingerprint density at radius 1 is 1.44 bits per heavy atom. The molecule has 3 heteroatoms. The molecule has 1 unspecified atom stereocenters. The summed E-state index contributed by atoms with van der Waals surface area (Å²) in [6.45, 7) is 4.05. The van der Waals surface area contributed by atoms with Crippen LogP contribution in [0.5, 0.6) is 0 Å². The van der Waals surface area contributed by atoms with Gasteiger partial charge in [0.25, 0.3) is 0 Å². The molecule has 0 spiro atoms. The van der Waals surface area contributed by atoms with Gasteiger partial charge in [-0.15, -0.1) is 0 Å². The molecular formula is C6H13NOS. The van der Waals surface area contributed by atoms with Crippen molar-refractivity contribution in [1.29, 1.82) is 0 Å². The molecule has 0 saturated carbocycles. The Balaban J connectivity index is 2.32. The van der Waals surface area contributed by atoms with Crippen molar-refractivity contribution in [3.05, 3.63) is 0 Å². The van der Waals surface area contributed by atoms with Gasteiger partial charge in [-0.25, -0.2) is 8.51 Å². The van der Waals surface area contributed by atoms with Crippen LogP contribution in [0.15, 0.2) is 0 Å². The second kappa shape index (κ2) is 3.32. The molecule has 1 fully saturated rings. The molecule has 1 atom stereocenters. The summed E-state index contributed by atoms with van der Waals surface area (Å²) in [5, 5.41) is 0. The first-order valence-corrected chi connectivity index (χ1v) is 4.75. The second-order valence-electron chi connectivity index (χ2n) is 2.25. The van der Waals surface area contributed by atoms with Crippen LogP contribution in [0.3, 0.4) is 0 Å². The van der Waals surface area contributed by atoms with E-state index in [0.717, 1.165) is 18.8 Å². The fourth-order valence-corrected chi connectivity index (χ4v) is 2.10. The average molecular weight is 147 g/mol. The van der Waals surface area contributed by atoms with E-state index in [1.54, 1.807) is 0 Å². The van der Waals surface area contributed by atoms with Crippen LogP contribution < -0.4 is 0 Å². The molecule has 0 aromatic heterocycles. The van der Waals surface area contributed by atoms with Gasteiger partial charge in [-0.1, -0.05) is 6.92 Å². The molecular weight excluding hydrogens is 134 g/mol. The number of hydrogen-bond acceptors (Lipinski definition) is 1. The highest BCUT2D eigenvalue weighted by atomic mass is 32.2. The molecule has 0 radical (unpaired) electrons. The van der Waals surface area contributed by atoms with E-state index >= 15 is 0 Å². The molecule has 1 aliphatic rings. The lowest BCUT2D eigenvalue weighted by atomic mass is 10.4. The van der Waals surface area contributed by atoms with Gasteiger partial charge in [0.2, 0.25) is 0 Å². The first kappa shape index (κ1) is 7.22. The van der Waals surface area contributed by atoms with Crippen LogP contribution in [0.1, 0.15) is 19.8 Å². The quantitative estimate of drug-likeness (QED) is 0.565. The van der Waals surface area contributed by atoms with Gasteiger partial charge in [0.05, 0.1) is 11.0 Å². The molecule has 0 amide bonds. The maximum absolute atomic E-state index is 11.1. The molecule has 2 nitrogen and oxygen atoms in total. The third-order valence-electron chi connectivity index (χ3n) is 1.60. The molecule has 9 heavy (non-hydrogen) atoms. The van der Waals surface area contributed by atoms with Crippen LogP contribution in [0.4, 0.5) is 0 Å². The van der Waals surface area contributed by atoms with E-state index in [9.17, 15) is 4.21 Å². The van der Waals surface area contributed by atoms with E-state index < -0.39 is 11.0 Å². The first-order valence-electron chi connectivity index (χ1n) is 3.48. The van der Waals surface area contributed by atoms with Gasteiger partial charge in [0.1, 0.15) is 0 Å². The van der Waals surface area contributed by atoms with Crippen LogP contribution in [0.2, 0.25) is 0 Å². The highest BCUT2D eigenvalue weighted by Gasteiger charge is 2.15. The van der Waals surface area contributed by atoms with Crippen LogP contribution in [0.25, 0.3) is 0 Å². The van der Waals surface area contributed by atoms with Crippen molar-refractivity contribution in [3.8, 4) is 0 Å². The zero-order valence-electron chi connectivity index (χ0n) is 5.80. The van der Waals surface area contributed by atoms with Crippen molar-refractivity contribution in [2.75, 3.05) is 18.8 Å². The lowest BCUT2D eigenvalue weighted by molar-refractivity contribution is 0.537. The Morgan fingerprint density at radius 2 is 2.00 bits per heavy atom. The summed E-state index contributed by atoms with van der Waals surface area (Å²) in [4.78, 5) is 0. The van der Waals surface area contributed by atoms with Gasteiger partial charge in [0, 0.05) is 18.8 Å². The van der Waals surface area contributed by atoms with Gasteiger partial charge < -0.3 is 0 Å². The van der Waals surface area contributed by atoms with Crippen molar-refractivity contribution < 1.29 is 4.21 Å². The highest BCUT2D eigenvalue weighted by Crippen LogP contribution is 2.09. The molecule has 0 N–H and O–H groups in total. The Bertz CT molecular complexity index is 110. The van der Waals surface area contributed by atoms with Crippen LogP contribution >= 0.6 is 0 Å². The summed E-state index contributed by atoms with van der Waals surface area (Å²) in [6, 6.07) is 0. The van der Waals surface area contributed by atoms with Gasteiger partial charge in [-0.05, 0) is 12.8 Å². The number of nitrogens with zero attached hydrogens (tertiary/aromatic N) is 1. The topological polar surface area (TPSA) is 20.3 Å². The van der Waals surface area contributed by atoms with Gasteiger partial charge in [0.15, 0.2) is 0 Å². The lowest BCUT2D eigenvalue weighted by Crippen LogP contribution is -2.23. The van der Waals surface area contributed by atoms with Crippen molar-refractivity contribution >= 4 is 11.0 Å². The molecule has 0 aromatic rings. The van der Waals surface area contributed by atoms with E-state index in [0.29, 0.717) is 0 Å². The van der Waals surface area contributed by atoms with Gasteiger partial charge in [-0.2, -0.15) is 0 Å². The fourth-order valence-electron chi connectivity index (χ4n) is 1.07. The van der Waals surface area contributed by atoms with Crippen molar-refractivity contribution in [2.45, 2.75) is 19.8 Å². The predicted molar refractivity (Wildman–Crippen MR) is 39.5 cm³/mol. The number of rotatable bonds is 2. The van der Waals surface area contributed by atoms with E-state index in [-0.39, 0.29) is 0 Å². The summed E-state index contributed by atoms with van der Waals surface area (Å²) >= 11 is 0. The third-order valence-corrected chi connectivity index (χ3v) is 3.03. The molecule has 54 valence electrons. The van der Waals surface area contributed by atoms with Gasteiger partial charge in [-0.3, -0.25) is 0 Å². The predicted octanol–water partition coefficient (Wildman–Crippen LogP) is 0.766. The first-order chi connectivity index (χ1) is 4.34. The van der Waals surface area contributed by atoms with E-state index in [4.69, 9.17) is 0 Å². The lowest BCUT2D eigenvalue weighted by Gasteiger charge is -2.10. The van der Waals surface area contributed by atoms with E-state index in [1.807, 2.05) is 6.92 Å². The van der Waals surface area contributed by atoms with Gasteiger partial charge >= 0.3 is 0 Å². The number of hydrogen-bond donors (Lipinski definition) is 0. The molecule has 1 saturated heterocycles. The van der Waals surface area contributed by atoms with Crippen LogP contribution in [0, 0.1) is 0 Å². The molecule has 0 aliphatic carbocycles. The molecule has 0 bridgehead atoms. The highest BCUT2D eigenvalue weighted by molar-refractivity contribution is 7.82. The van der Waals surface area contributed by atoms with Crippen molar-refractivity contribution in [3.63, 3.8) is 0 Å². The minimum absolute atomic E-state index is 0.669. The average Bonchev–Trinajstić information content (AvgIpc) is 2.37. The molecule has 1 aliphatic heterocycles. The fraction of sp³-hybridized carbons (Fsp3) is 1.00. The zero-order chi connectivity index (χ0) is 6.69. The minimum atomic E-state index is -0.669. The minimum Gasteiger partial charge on any atom is -0.243 e. The summed E-state index contributed by atoms with van der Waals surface area (Å²) in [5.74, 6) is 0.778. The molecule has 0 aromatic carbocycles. The largest absolute Gasteiger partial charge is 0.243 e. The summed E-state index contributed by atoms with van der Waals surface area (Å²) in [5.41, 5.74) is 0. The maximum Gasteiger partial charge on any atom is 0.0939 e. The second-order valence-corrected chi connectivity index (χ2v) is 3.98. The van der Waals surface area contributed by atoms with E-state index in [2.05, 4.69) is 4.31 Å². The third kappa shape index (κ3) is 1.76. The Kier molecular flexibility index (Phi) is 2.66.